The molecule has 94 valence electrons. The fourth-order valence-corrected chi connectivity index (χ4v) is 2.36. The van der Waals surface area contributed by atoms with Crippen molar-refractivity contribution in [2.45, 2.75) is 18.8 Å². The van der Waals surface area contributed by atoms with E-state index >= 15 is 0 Å². The number of nitrogens with zero attached hydrogens (tertiary/aromatic N) is 4. The van der Waals surface area contributed by atoms with Gasteiger partial charge in [-0.3, -0.25) is 4.68 Å². The number of piperidine rings is 1. The zero-order valence-corrected chi connectivity index (χ0v) is 10.5. The van der Waals surface area contributed by atoms with Crippen molar-refractivity contribution in [3.05, 3.63) is 30.5 Å². The number of aromatic nitrogens is 4. The molecule has 1 N–H and O–H groups in total. The molecule has 0 unspecified atom stereocenters. The van der Waals surface area contributed by atoms with E-state index in [1.165, 1.54) is 12.8 Å². The molecule has 0 spiro atoms. The molecule has 0 aliphatic carbocycles. The number of rotatable bonds is 2. The fraction of sp³-hybridized carbons (Fsp3) is 0.462. The van der Waals surface area contributed by atoms with Crippen molar-refractivity contribution in [2.75, 3.05) is 13.1 Å². The molecule has 0 saturated carbocycles. The van der Waals surface area contributed by atoms with E-state index in [1.807, 2.05) is 31.7 Å². The average molecular weight is 243 g/mol. The number of hydrogen-bond donors (Lipinski definition) is 1. The van der Waals surface area contributed by atoms with Gasteiger partial charge in [-0.25, -0.2) is 9.97 Å². The van der Waals surface area contributed by atoms with Crippen molar-refractivity contribution in [3.8, 4) is 11.3 Å². The molecule has 3 rings (SSSR count). The van der Waals surface area contributed by atoms with Gasteiger partial charge in [0.15, 0.2) is 0 Å². The van der Waals surface area contributed by atoms with E-state index in [0.29, 0.717) is 5.92 Å². The van der Waals surface area contributed by atoms with Crippen LogP contribution in [0.3, 0.4) is 0 Å². The third kappa shape index (κ3) is 2.26. The monoisotopic (exact) mass is 243 g/mol. The molecule has 0 bridgehead atoms. The topological polar surface area (TPSA) is 55.6 Å². The number of hydrogen-bond acceptors (Lipinski definition) is 4. The minimum Gasteiger partial charge on any atom is -0.316 e. The summed E-state index contributed by atoms with van der Waals surface area (Å²) in [5.41, 5.74) is 2.00. The van der Waals surface area contributed by atoms with Gasteiger partial charge in [-0.1, -0.05) is 0 Å². The predicted octanol–water partition coefficient (Wildman–Crippen LogP) is 1.34. The lowest BCUT2D eigenvalue weighted by atomic mass is 9.99. The molecule has 1 saturated heterocycles. The Morgan fingerprint density at radius 3 is 3.11 bits per heavy atom. The molecule has 1 aliphatic heterocycles. The first-order chi connectivity index (χ1) is 8.83. The molecule has 0 radical (unpaired) electrons. The van der Waals surface area contributed by atoms with Crippen molar-refractivity contribution in [1.82, 2.24) is 25.1 Å². The summed E-state index contributed by atoms with van der Waals surface area (Å²) in [6, 6.07) is 1.94. The lowest BCUT2D eigenvalue weighted by Gasteiger charge is -2.21. The zero-order chi connectivity index (χ0) is 12.4. The predicted molar refractivity (Wildman–Crippen MR) is 69.1 cm³/mol. The second kappa shape index (κ2) is 4.86. The van der Waals surface area contributed by atoms with Crippen LogP contribution in [0, 0.1) is 0 Å². The Labute approximate surface area is 106 Å². The van der Waals surface area contributed by atoms with E-state index in [9.17, 15) is 0 Å². The van der Waals surface area contributed by atoms with Crippen LogP contribution in [0.4, 0.5) is 0 Å². The number of nitrogens with one attached hydrogen (secondary N) is 1. The zero-order valence-electron chi connectivity index (χ0n) is 10.5. The molecule has 2 aromatic heterocycles. The molecule has 1 aliphatic rings. The summed E-state index contributed by atoms with van der Waals surface area (Å²) in [5, 5.41) is 7.58. The summed E-state index contributed by atoms with van der Waals surface area (Å²) in [6.45, 7) is 2.09. The van der Waals surface area contributed by atoms with Gasteiger partial charge in [-0.15, -0.1) is 0 Å². The number of aryl methyl sites for hydroxylation is 1. The summed E-state index contributed by atoms with van der Waals surface area (Å²) < 4.78 is 1.79. The maximum atomic E-state index is 4.68. The molecule has 1 fully saturated rings. The van der Waals surface area contributed by atoms with Crippen LogP contribution in [-0.4, -0.2) is 32.8 Å². The third-order valence-corrected chi connectivity index (χ3v) is 3.34. The fourth-order valence-electron chi connectivity index (χ4n) is 2.36. The summed E-state index contributed by atoms with van der Waals surface area (Å²) in [5.74, 6) is 1.39. The minimum atomic E-state index is 0.440. The van der Waals surface area contributed by atoms with Crippen molar-refractivity contribution < 1.29 is 0 Å². The van der Waals surface area contributed by atoms with E-state index in [2.05, 4.69) is 20.4 Å². The highest BCUT2D eigenvalue weighted by atomic mass is 15.2. The van der Waals surface area contributed by atoms with Crippen LogP contribution in [0.15, 0.2) is 24.7 Å². The van der Waals surface area contributed by atoms with Crippen molar-refractivity contribution in [1.29, 1.82) is 0 Å². The molecular formula is C13H17N5. The lowest BCUT2D eigenvalue weighted by molar-refractivity contribution is 0.447. The molecule has 3 heterocycles. The van der Waals surface area contributed by atoms with Crippen molar-refractivity contribution in [2.24, 2.45) is 7.05 Å². The van der Waals surface area contributed by atoms with Crippen LogP contribution < -0.4 is 5.32 Å². The standard InChI is InChI=1S/C13H17N5/c1-18-9-11(8-16-18)12-4-6-15-13(17-12)10-3-2-5-14-7-10/h4,6,8-10,14H,2-3,5,7H2,1H3/t10-/m1/s1. The van der Waals surface area contributed by atoms with Gasteiger partial charge in [-0.2, -0.15) is 5.10 Å². The van der Waals surface area contributed by atoms with Crippen molar-refractivity contribution in [3.63, 3.8) is 0 Å². The Bertz CT molecular complexity index is 528. The van der Waals surface area contributed by atoms with Gasteiger partial charge in [0.1, 0.15) is 5.82 Å². The molecule has 0 amide bonds. The van der Waals surface area contributed by atoms with Gasteiger partial charge in [0, 0.05) is 37.5 Å². The first kappa shape index (κ1) is 11.3. The second-order valence-electron chi connectivity index (χ2n) is 4.75. The van der Waals surface area contributed by atoms with Gasteiger partial charge >= 0.3 is 0 Å². The van der Waals surface area contributed by atoms with Crippen LogP contribution in [0.2, 0.25) is 0 Å². The quantitative estimate of drug-likeness (QED) is 0.865. The van der Waals surface area contributed by atoms with E-state index in [-0.39, 0.29) is 0 Å². The SMILES string of the molecule is Cn1cc(-c2ccnc([C@@H]3CCCNC3)n2)cn1. The van der Waals surface area contributed by atoms with Gasteiger partial charge in [0.05, 0.1) is 11.9 Å². The Hall–Kier alpha value is -1.75. The van der Waals surface area contributed by atoms with E-state index in [0.717, 1.165) is 30.2 Å². The van der Waals surface area contributed by atoms with E-state index in [4.69, 9.17) is 0 Å². The second-order valence-corrected chi connectivity index (χ2v) is 4.75. The van der Waals surface area contributed by atoms with Gasteiger partial charge < -0.3 is 5.32 Å². The molecular weight excluding hydrogens is 226 g/mol. The normalized spacial score (nSPS) is 19.9. The summed E-state index contributed by atoms with van der Waals surface area (Å²) in [7, 11) is 1.91. The molecule has 5 heteroatoms. The molecule has 0 aromatic carbocycles. The highest BCUT2D eigenvalue weighted by Crippen LogP contribution is 2.22. The highest BCUT2D eigenvalue weighted by Gasteiger charge is 2.18. The summed E-state index contributed by atoms with van der Waals surface area (Å²) in [6.07, 6.45) is 8.03. The molecule has 5 nitrogen and oxygen atoms in total. The first-order valence-electron chi connectivity index (χ1n) is 6.35. The van der Waals surface area contributed by atoms with E-state index < -0.39 is 0 Å². The van der Waals surface area contributed by atoms with Crippen LogP contribution in [-0.2, 0) is 7.05 Å². The lowest BCUT2D eigenvalue weighted by Crippen LogP contribution is -2.29. The van der Waals surface area contributed by atoms with E-state index in [1.54, 1.807) is 4.68 Å². The summed E-state index contributed by atoms with van der Waals surface area (Å²) in [4.78, 5) is 9.09. The Morgan fingerprint density at radius 2 is 2.39 bits per heavy atom. The smallest absolute Gasteiger partial charge is 0.133 e. The van der Waals surface area contributed by atoms with Crippen LogP contribution in [0.5, 0.6) is 0 Å². The largest absolute Gasteiger partial charge is 0.316 e. The maximum absolute atomic E-state index is 4.68. The van der Waals surface area contributed by atoms with Crippen LogP contribution >= 0.6 is 0 Å². The first-order valence-corrected chi connectivity index (χ1v) is 6.35. The van der Waals surface area contributed by atoms with Gasteiger partial charge in [0.2, 0.25) is 0 Å². The Kier molecular flexibility index (Phi) is 3.06. The van der Waals surface area contributed by atoms with Crippen LogP contribution in [0.25, 0.3) is 11.3 Å². The Balaban J connectivity index is 1.88. The Morgan fingerprint density at radius 1 is 1.44 bits per heavy atom. The molecule has 2 aromatic rings. The minimum absolute atomic E-state index is 0.440. The molecule has 18 heavy (non-hydrogen) atoms. The maximum Gasteiger partial charge on any atom is 0.133 e. The molecule has 1 atom stereocenters. The highest BCUT2D eigenvalue weighted by molar-refractivity contribution is 5.56. The van der Waals surface area contributed by atoms with Gasteiger partial charge in [0.25, 0.3) is 0 Å². The van der Waals surface area contributed by atoms with Crippen LogP contribution in [0.1, 0.15) is 24.6 Å². The third-order valence-electron chi connectivity index (χ3n) is 3.34. The van der Waals surface area contributed by atoms with Crippen molar-refractivity contribution >= 4 is 0 Å². The average Bonchev–Trinajstić information content (AvgIpc) is 2.87. The summed E-state index contributed by atoms with van der Waals surface area (Å²) >= 11 is 0. The van der Waals surface area contributed by atoms with Gasteiger partial charge in [-0.05, 0) is 25.5 Å².